The first-order valence-electron chi connectivity index (χ1n) is 9.83. The van der Waals surface area contributed by atoms with E-state index in [1.165, 1.54) is 6.07 Å². The van der Waals surface area contributed by atoms with Crippen LogP contribution in [-0.4, -0.2) is 18.3 Å². The lowest BCUT2D eigenvalue weighted by atomic mass is 10.1. The zero-order valence-corrected chi connectivity index (χ0v) is 17.5. The molecule has 0 aromatic heterocycles. The first-order valence-corrected chi connectivity index (χ1v) is 10.2. The molecule has 1 unspecified atom stereocenters. The highest BCUT2D eigenvalue weighted by atomic mass is 35.5. The molecule has 0 spiro atoms. The van der Waals surface area contributed by atoms with Gasteiger partial charge in [-0.3, -0.25) is 0 Å². The van der Waals surface area contributed by atoms with Crippen LogP contribution in [-0.2, 0) is 13.2 Å². The Morgan fingerprint density at radius 2 is 1.67 bits per heavy atom. The van der Waals surface area contributed by atoms with Crippen LogP contribution in [0.1, 0.15) is 29.7 Å². The van der Waals surface area contributed by atoms with E-state index in [0.29, 0.717) is 41.8 Å². The molecule has 0 fully saturated rings. The average molecular weight is 430 g/mol. The van der Waals surface area contributed by atoms with Crippen molar-refractivity contribution in [3.05, 3.63) is 94.3 Å². The third kappa shape index (κ3) is 5.95. The third-order valence-corrected chi connectivity index (χ3v) is 4.94. The Kier molecular flexibility index (Phi) is 8.08. The zero-order valence-electron chi connectivity index (χ0n) is 16.8. The average Bonchev–Trinajstić information content (AvgIpc) is 2.76. The van der Waals surface area contributed by atoms with Gasteiger partial charge >= 0.3 is 0 Å². The topological polar surface area (TPSA) is 50.7 Å². The fraction of sp³-hybridized carbons (Fsp3) is 0.250. The molecule has 0 aliphatic heterocycles. The first-order chi connectivity index (χ1) is 14.6. The second-order valence-corrected chi connectivity index (χ2v) is 7.17. The Morgan fingerprint density at radius 3 is 2.40 bits per heavy atom. The fourth-order valence-corrected chi connectivity index (χ4v) is 3.22. The van der Waals surface area contributed by atoms with Gasteiger partial charge in [-0.1, -0.05) is 60.1 Å². The van der Waals surface area contributed by atoms with Crippen molar-refractivity contribution in [1.82, 2.24) is 5.32 Å². The number of ether oxygens (including phenoxy) is 2. The van der Waals surface area contributed by atoms with Crippen molar-refractivity contribution in [3.63, 3.8) is 0 Å². The van der Waals surface area contributed by atoms with Crippen LogP contribution in [0.5, 0.6) is 11.5 Å². The molecule has 158 valence electrons. The van der Waals surface area contributed by atoms with Gasteiger partial charge in [0.05, 0.1) is 12.7 Å². The summed E-state index contributed by atoms with van der Waals surface area (Å²) in [5.74, 6) is 0.677. The van der Waals surface area contributed by atoms with E-state index in [1.807, 2.05) is 43.3 Å². The SMILES string of the molecule is CCOc1cc(CNCC(O)c2ccccc2)c(Cl)cc1OCc1ccccc1F. The van der Waals surface area contributed by atoms with Gasteiger partial charge in [0, 0.05) is 29.7 Å². The van der Waals surface area contributed by atoms with Crippen LogP contribution in [0.15, 0.2) is 66.7 Å². The van der Waals surface area contributed by atoms with E-state index in [1.54, 1.807) is 24.3 Å². The van der Waals surface area contributed by atoms with Gasteiger partial charge in [0.15, 0.2) is 11.5 Å². The molecule has 0 aliphatic rings. The molecule has 3 aromatic rings. The minimum atomic E-state index is -0.611. The van der Waals surface area contributed by atoms with Gasteiger partial charge < -0.3 is 19.9 Å². The summed E-state index contributed by atoms with van der Waals surface area (Å²) in [5.41, 5.74) is 2.12. The number of halogens is 2. The van der Waals surface area contributed by atoms with Crippen LogP contribution in [0.4, 0.5) is 4.39 Å². The molecule has 6 heteroatoms. The maximum absolute atomic E-state index is 13.8. The largest absolute Gasteiger partial charge is 0.490 e. The summed E-state index contributed by atoms with van der Waals surface area (Å²) in [6.07, 6.45) is -0.611. The molecule has 0 heterocycles. The molecule has 4 nitrogen and oxygen atoms in total. The van der Waals surface area contributed by atoms with Crippen molar-refractivity contribution >= 4 is 11.6 Å². The lowest BCUT2D eigenvalue weighted by Gasteiger charge is -2.16. The zero-order chi connectivity index (χ0) is 21.3. The molecule has 0 saturated carbocycles. The summed E-state index contributed by atoms with van der Waals surface area (Å²) in [7, 11) is 0. The summed E-state index contributed by atoms with van der Waals surface area (Å²) in [6, 6.07) is 19.4. The number of rotatable bonds is 10. The van der Waals surface area contributed by atoms with Crippen LogP contribution in [0.2, 0.25) is 5.02 Å². The molecular weight excluding hydrogens is 405 g/mol. The van der Waals surface area contributed by atoms with Gasteiger partial charge in [-0.05, 0) is 30.2 Å². The Morgan fingerprint density at radius 1 is 0.967 bits per heavy atom. The molecule has 0 radical (unpaired) electrons. The first kappa shape index (κ1) is 22.1. The molecule has 3 aromatic carbocycles. The highest BCUT2D eigenvalue weighted by Gasteiger charge is 2.13. The molecule has 2 N–H and O–H groups in total. The van der Waals surface area contributed by atoms with Gasteiger partial charge in [0.2, 0.25) is 0 Å². The normalized spacial score (nSPS) is 11.9. The van der Waals surface area contributed by atoms with Gasteiger partial charge in [-0.25, -0.2) is 4.39 Å². The quantitative estimate of drug-likeness (QED) is 0.460. The molecule has 0 saturated heterocycles. The van der Waals surface area contributed by atoms with Gasteiger partial charge in [-0.2, -0.15) is 0 Å². The summed E-state index contributed by atoms with van der Waals surface area (Å²) in [6.45, 7) is 3.25. The van der Waals surface area contributed by atoms with Gasteiger partial charge in [-0.15, -0.1) is 0 Å². The summed E-state index contributed by atoms with van der Waals surface area (Å²) in [5, 5.41) is 14.0. The highest BCUT2D eigenvalue weighted by Crippen LogP contribution is 2.34. The lowest BCUT2D eigenvalue weighted by Crippen LogP contribution is -2.21. The fourth-order valence-electron chi connectivity index (χ4n) is 3.00. The van der Waals surface area contributed by atoms with Crippen LogP contribution < -0.4 is 14.8 Å². The molecular formula is C24H25ClFNO3. The number of aliphatic hydroxyl groups excluding tert-OH is 1. The van der Waals surface area contributed by atoms with Crippen LogP contribution in [0.25, 0.3) is 0 Å². The second-order valence-electron chi connectivity index (χ2n) is 6.76. The number of hydrogen-bond donors (Lipinski definition) is 2. The Balaban J connectivity index is 1.65. The summed E-state index contributed by atoms with van der Waals surface area (Å²) >= 11 is 6.43. The summed E-state index contributed by atoms with van der Waals surface area (Å²) in [4.78, 5) is 0. The number of hydrogen-bond acceptors (Lipinski definition) is 4. The standard InChI is InChI=1S/C24H25ClFNO3/c1-2-29-23-12-19(14-27-15-22(28)17-8-4-3-5-9-17)20(25)13-24(23)30-16-18-10-6-7-11-21(18)26/h3-13,22,27-28H,2,14-16H2,1H3. The molecule has 30 heavy (non-hydrogen) atoms. The third-order valence-electron chi connectivity index (χ3n) is 4.59. The smallest absolute Gasteiger partial charge is 0.163 e. The maximum atomic E-state index is 13.8. The Labute approximate surface area is 181 Å². The van der Waals surface area contributed by atoms with E-state index < -0.39 is 6.10 Å². The monoisotopic (exact) mass is 429 g/mol. The molecule has 0 aliphatic carbocycles. The second kappa shape index (κ2) is 11.0. The Hall–Kier alpha value is -2.60. The van der Waals surface area contributed by atoms with Crippen molar-refractivity contribution < 1.29 is 19.0 Å². The van der Waals surface area contributed by atoms with E-state index in [9.17, 15) is 9.50 Å². The van der Waals surface area contributed by atoms with E-state index >= 15 is 0 Å². The van der Waals surface area contributed by atoms with Crippen molar-refractivity contribution in [2.75, 3.05) is 13.2 Å². The molecule has 3 rings (SSSR count). The van der Waals surface area contributed by atoms with Crippen molar-refractivity contribution in [3.8, 4) is 11.5 Å². The van der Waals surface area contributed by atoms with E-state index in [0.717, 1.165) is 11.1 Å². The van der Waals surface area contributed by atoms with E-state index in [4.69, 9.17) is 21.1 Å². The van der Waals surface area contributed by atoms with Crippen LogP contribution in [0, 0.1) is 5.82 Å². The van der Waals surface area contributed by atoms with Crippen LogP contribution >= 0.6 is 11.6 Å². The lowest BCUT2D eigenvalue weighted by molar-refractivity contribution is 0.174. The van der Waals surface area contributed by atoms with Crippen LogP contribution in [0.3, 0.4) is 0 Å². The van der Waals surface area contributed by atoms with Gasteiger partial charge in [0.1, 0.15) is 12.4 Å². The highest BCUT2D eigenvalue weighted by molar-refractivity contribution is 6.31. The molecule has 1 atom stereocenters. The van der Waals surface area contributed by atoms with E-state index in [2.05, 4.69) is 5.32 Å². The van der Waals surface area contributed by atoms with Crippen molar-refractivity contribution in [2.24, 2.45) is 0 Å². The Bertz CT molecular complexity index is 952. The molecule has 0 bridgehead atoms. The number of nitrogens with one attached hydrogen (secondary N) is 1. The number of aliphatic hydroxyl groups is 1. The maximum Gasteiger partial charge on any atom is 0.163 e. The van der Waals surface area contributed by atoms with E-state index in [-0.39, 0.29) is 12.4 Å². The van der Waals surface area contributed by atoms with Crippen molar-refractivity contribution in [1.29, 1.82) is 0 Å². The minimum Gasteiger partial charge on any atom is -0.490 e. The number of benzene rings is 3. The minimum absolute atomic E-state index is 0.0734. The predicted octanol–water partition coefficient (Wildman–Crippen LogP) is 5.28. The molecule has 0 amide bonds. The predicted molar refractivity (Wildman–Crippen MR) is 116 cm³/mol. The summed E-state index contributed by atoms with van der Waals surface area (Å²) < 4.78 is 25.3. The van der Waals surface area contributed by atoms with Crippen molar-refractivity contribution in [2.45, 2.75) is 26.2 Å². The van der Waals surface area contributed by atoms with Gasteiger partial charge in [0.25, 0.3) is 0 Å².